The van der Waals surface area contributed by atoms with Gasteiger partial charge in [0.2, 0.25) is 0 Å². The molecule has 1 atom stereocenters. The second-order valence-corrected chi connectivity index (χ2v) is 3.87. The molecule has 0 aromatic carbocycles. The molecule has 19 heavy (non-hydrogen) atoms. The van der Waals surface area contributed by atoms with Crippen LogP contribution in [0.5, 0.6) is 0 Å². The van der Waals surface area contributed by atoms with Gasteiger partial charge in [0.25, 0.3) is 5.91 Å². The summed E-state index contributed by atoms with van der Waals surface area (Å²) in [5, 5.41) is 0. The van der Waals surface area contributed by atoms with Crippen molar-refractivity contribution >= 4 is 17.8 Å². The van der Waals surface area contributed by atoms with Crippen LogP contribution in [0.1, 0.15) is 6.92 Å². The van der Waals surface area contributed by atoms with Gasteiger partial charge in [0.1, 0.15) is 0 Å². The van der Waals surface area contributed by atoms with Gasteiger partial charge in [-0.05, 0) is 6.92 Å². The summed E-state index contributed by atoms with van der Waals surface area (Å²) in [5.41, 5.74) is 0. The maximum atomic E-state index is 11.9. The molecular weight excluding hydrogens is 254 g/mol. The number of carbonyl (C=O) groups is 3. The van der Waals surface area contributed by atoms with Gasteiger partial charge in [0, 0.05) is 25.2 Å². The number of rotatable bonds is 4. The summed E-state index contributed by atoms with van der Waals surface area (Å²) >= 11 is 0. The third-order valence-corrected chi connectivity index (χ3v) is 2.52. The molecule has 1 aliphatic heterocycles. The maximum absolute atomic E-state index is 11.9. The SMILES string of the molecule is COC(=O)C=CC(=O)O[C@@H](C)C(=O)N1CCOCC1. The van der Waals surface area contributed by atoms with Gasteiger partial charge in [-0.2, -0.15) is 0 Å². The number of hydrogen-bond acceptors (Lipinski definition) is 6. The number of morpholine rings is 1. The molecular formula is C12H17NO6. The van der Waals surface area contributed by atoms with Crippen LogP contribution in [-0.2, 0) is 28.6 Å². The van der Waals surface area contributed by atoms with Gasteiger partial charge in [-0.15, -0.1) is 0 Å². The van der Waals surface area contributed by atoms with Crippen molar-refractivity contribution in [1.29, 1.82) is 0 Å². The van der Waals surface area contributed by atoms with E-state index < -0.39 is 18.0 Å². The highest BCUT2D eigenvalue weighted by molar-refractivity contribution is 5.93. The molecule has 106 valence electrons. The molecule has 7 heteroatoms. The Morgan fingerprint density at radius 2 is 1.74 bits per heavy atom. The van der Waals surface area contributed by atoms with Gasteiger partial charge in [0.15, 0.2) is 6.10 Å². The van der Waals surface area contributed by atoms with Crippen molar-refractivity contribution in [2.45, 2.75) is 13.0 Å². The van der Waals surface area contributed by atoms with Crippen molar-refractivity contribution in [1.82, 2.24) is 4.90 Å². The lowest BCUT2D eigenvalue weighted by Crippen LogP contribution is -2.45. The predicted molar refractivity (Wildman–Crippen MR) is 64.1 cm³/mol. The normalized spacial score (nSPS) is 17.1. The minimum atomic E-state index is -0.895. The van der Waals surface area contributed by atoms with Gasteiger partial charge in [0.05, 0.1) is 20.3 Å². The topological polar surface area (TPSA) is 82.1 Å². The van der Waals surface area contributed by atoms with Crippen molar-refractivity contribution in [3.8, 4) is 0 Å². The number of amides is 1. The van der Waals surface area contributed by atoms with E-state index in [1.165, 1.54) is 14.0 Å². The first-order valence-electron chi connectivity index (χ1n) is 5.87. The highest BCUT2D eigenvalue weighted by Crippen LogP contribution is 2.04. The van der Waals surface area contributed by atoms with Crippen molar-refractivity contribution in [2.75, 3.05) is 33.4 Å². The standard InChI is InChI=1S/C12H17NO6/c1-9(12(16)13-5-7-18-8-6-13)19-11(15)4-3-10(14)17-2/h3-4,9H,5-8H2,1-2H3/t9-/m0/s1. The Balaban J connectivity index is 2.42. The van der Waals surface area contributed by atoms with Crippen molar-refractivity contribution in [3.05, 3.63) is 12.2 Å². The second-order valence-electron chi connectivity index (χ2n) is 3.87. The van der Waals surface area contributed by atoms with E-state index in [1.807, 2.05) is 0 Å². The summed E-state index contributed by atoms with van der Waals surface area (Å²) < 4.78 is 14.3. The zero-order chi connectivity index (χ0) is 14.3. The Bertz CT molecular complexity index is 372. The number of hydrogen-bond donors (Lipinski definition) is 0. The summed E-state index contributed by atoms with van der Waals surface area (Å²) in [6, 6.07) is 0. The van der Waals surface area contributed by atoms with E-state index in [-0.39, 0.29) is 5.91 Å². The van der Waals surface area contributed by atoms with Crippen LogP contribution in [0.4, 0.5) is 0 Å². The van der Waals surface area contributed by atoms with Crippen molar-refractivity contribution < 1.29 is 28.6 Å². The summed E-state index contributed by atoms with van der Waals surface area (Å²) in [6.07, 6.45) is 0.969. The third-order valence-electron chi connectivity index (χ3n) is 2.52. The summed E-state index contributed by atoms with van der Waals surface area (Å²) in [5.74, 6) is -1.70. The molecule has 0 N–H and O–H groups in total. The van der Waals surface area contributed by atoms with E-state index in [9.17, 15) is 14.4 Å². The lowest BCUT2D eigenvalue weighted by Gasteiger charge is -2.28. The lowest BCUT2D eigenvalue weighted by molar-refractivity contribution is -0.157. The molecule has 1 saturated heterocycles. The number of carbonyl (C=O) groups excluding carboxylic acids is 3. The molecule has 0 aliphatic carbocycles. The van der Waals surface area contributed by atoms with E-state index in [1.54, 1.807) is 4.90 Å². The molecule has 7 nitrogen and oxygen atoms in total. The molecule has 0 saturated carbocycles. The first kappa shape index (κ1) is 15.2. The van der Waals surface area contributed by atoms with Gasteiger partial charge < -0.3 is 19.1 Å². The Labute approximate surface area is 111 Å². The van der Waals surface area contributed by atoms with E-state index in [2.05, 4.69) is 4.74 Å². The van der Waals surface area contributed by atoms with Gasteiger partial charge in [-0.25, -0.2) is 9.59 Å². The zero-order valence-electron chi connectivity index (χ0n) is 11.0. The largest absolute Gasteiger partial charge is 0.466 e. The zero-order valence-corrected chi connectivity index (χ0v) is 11.0. The minimum absolute atomic E-state index is 0.275. The maximum Gasteiger partial charge on any atom is 0.331 e. The number of ether oxygens (including phenoxy) is 3. The summed E-state index contributed by atoms with van der Waals surface area (Å²) in [6.45, 7) is 3.42. The van der Waals surface area contributed by atoms with Crippen molar-refractivity contribution in [3.63, 3.8) is 0 Å². The first-order chi connectivity index (χ1) is 9.04. The van der Waals surface area contributed by atoms with Gasteiger partial charge in [-0.3, -0.25) is 4.79 Å². The molecule has 0 aromatic heterocycles. The molecule has 0 aromatic rings. The fourth-order valence-corrected chi connectivity index (χ4v) is 1.51. The molecule has 1 heterocycles. The van der Waals surface area contributed by atoms with Crippen LogP contribution in [0.3, 0.4) is 0 Å². The lowest BCUT2D eigenvalue weighted by atomic mass is 10.3. The number of nitrogens with zero attached hydrogens (tertiary/aromatic N) is 1. The Kier molecular flexibility index (Phi) is 6.01. The third kappa shape index (κ3) is 5.09. The number of esters is 2. The molecule has 1 rings (SSSR count). The first-order valence-corrected chi connectivity index (χ1v) is 5.87. The van der Waals surface area contributed by atoms with Crippen molar-refractivity contribution in [2.24, 2.45) is 0 Å². The fraction of sp³-hybridized carbons (Fsp3) is 0.583. The van der Waals surface area contributed by atoms with E-state index >= 15 is 0 Å². The summed E-state index contributed by atoms with van der Waals surface area (Å²) in [7, 11) is 1.20. The molecule has 0 radical (unpaired) electrons. The Morgan fingerprint density at radius 1 is 1.16 bits per heavy atom. The van der Waals surface area contributed by atoms with Crippen LogP contribution in [0.2, 0.25) is 0 Å². The predicted octanol–water partition coefficient (Wildman–Crippen LogP) is -0.494. The Hall–Kier alpha value is -1.89. The fourth-order valence-electron chi connectivity index (χ4n) is 1.51. The molecule has 0 bridgehead atoms. The average Bonchev–Trinajstić information content (AvgIpc) is 2.44. The van der Waals surface area contributed by atoms with Crippen LogP contribution in [0.15, 0.2) is 12.2 Å². The number of methoxy groups -OCH3 is 1. The van der Waals surface area contributed by atoms with E-state index in [0.717, 1.165) is 12.2 Å². The smallest absolute Gasteiger partial charge is 0.331 e. The van der Waals surface area contributed by atoms with Crippen LogP contribution in [0.25, 0.3) is 0 Å². The highest BCUT2D eigenvalue weighted by Gasteiger charge is 2.24. The second kappa shape index (κ2) is 7.52. The summed E-state index contributed by atoms with van der Waals surface area (Å²) in [4.78, 5) is 35.6. The van der Waals surface area contributed by atoms with Crippen LogP contribution < -0.4 is 0 Å². The van der Waals surface area contributed by atoms with Crippen LogP contribution in [0, 0.1) is 0 Å². The van der Waals surface area contributed by atoms with Crippen LogP contribution >= 0.6 is 0 Å². The molecule has 0 spiro atoms. The van der Waals surface area contributed by atoms with E-state index in [0.29, 0.717) is 26.3 Å². The van der Waals surface area contributed by atoms with E-state index in [4.69, 9.17) is 9.47 Å². The quantitative estimate of drug-likeness (QED) is 0.507. The Morgan fingerprint density at radius 3 is 2.32 bits per heavy atom. The van der Waals surface area contributed by atoms with Gasteiger partial charge in [-0.1, -0.05) is 0 Å². The van der Waals surface area contributed by atoms with Crippen LogP contribution in [-0.4, -0.2) is 62.3 Å². The molecule has 1 fully saturated rings. The molecule has 1 aliphatic rings. The molecule has 0 unspecified atom stereocenters. The minimum Gasteiger partial charge on any atom is -0.466 e. The monoisotopic (exact) mass is 271 g/mol. The van der Waals surface area contributed by atoms with Gasteiger partial charge >= 0.3 is 11.9 Å². The average molecular weight is 271 g/mol. The molecule has 1 amide bonds. The highest BCUT2D eigenvalue weighted by atomic mass is 16.5.